The van der Waals surface area contributed by atoms with Crippen molar-refractivity contribution < 1.29 is 0 Å². The number of pyridine rings is 1. The first-order valence-electron chi connectivity index (χ1n) is 4.14. The van der Waals surface area contributed by atoms with Crippen molar-refractivity contribution in [2.75, 3.05) is 0 Å². The van der Waals surface area contributed by atoms with Gasteiger partial charge in [-0.25, -0.2) is 0 Å². The molecule has 0 amide bonds. The van der Waals surface area contributed by atoms with Gasteiger partial charge in [0, 0.05) is 20.7 Å². The molecule has 0 aliphatic carbocycles. The molecule has 0 saturated heterocycles. The molecule has 0 N–H and O–H groups in total. The molecule has 0 atom stereocenters. The average molecular weight is 313 g/mol. The normalized spacial score (nSPS) is 10.1. The summed E-state index contributed by atoms with van der Waals surface area (Å²) in [5.41, 5.74) is 2.07. The van der Waals surface area contributed by atoms with E-state index in [1.54, 1.807) is 6.20 Å². The van der Waals surface area contributed by atoms with Crippen molar-refractivity contribution in [3.63, 3.8) is 0 Å². The molecule has 0 spiro atoms. The van der Waals surface area contributed by atoms with Crippen molar-refractivity contribution in [2.45, 2.75) is 0 Å². The molecule has 0 bridgehead atoms. The van der Waals surface area contributed by atoms with Crippen molar-refractivity contribution in [3.8, 4) is 11.3 Å². The maximum atomic E-state index is 4.30. The Bertz CT molecular complexity index is 440. The number of nitrogens with zero attached hydrogens (tertiary/aromatic N) is 1. The van der Waals surface area contributed by atoms with Crippen molar-refractivity contribution in [1.82, 2.24) is 4.98 Å². The Morgan fingerprint density at radius 3 is 2.57 bits per heavy atom. The summed E-state index contributed by atoms with van der Waals surface area (Å²) in [4.78, 5) is 4.30. The summed E-state index contributed by atoms with van der Waals surface area (Å²) in [6.45, 7) is 0. The van der Waals surface area contributed by atoms with E-state index in [4.69, 9.17) is 0 Å². The summed E-state index contributed by atoms with van der Waals surface area (Å²) >= 11 is 6.95. The van der Waals surface area contributed by atoms with Gasteiger partial charge in [-0.1, -0.05) is 37.9 Å². The molecular formula is C11H7Br2N. The molecular weight excluding hydrogens is 306 g/mol. The summed E-state index contributed by atoms with van der Waals surface area (Å²) in [7, 11) is 0. The van der Waals surface area contributed by atoms with Gasteiger partial charge < -0.3 is 0 Å². The summed E-state index contributed by atoms with van der Waals surface area (Å²) in [5.74, 6) is 0. The molecule has 1 heterocycles. The molecule has 0 aliphatic rings. The summed E-state index contributed by atoms with van der Waals surface area (Å²) in [5, 5.41) is 0. The second-order valence-electron chi connectivity index (χ2n) is 2.84. The highest BCUT2D eigenvalue weighted by Gasteiger charge is 2.03. The molecule has 1 aromatic heterocycles. The van der Waals surface area contributed by atoms with E-state index in [1.807, 2.05) is 36.4 Å². The van der Waals surface area contributed by atoms with E-state index in [0.29, 0.717) is 0 Å². The molecule has 2 rings (SSSR count). The maximum absolute atomic E-state index is 4.30. The van der Waals surface area contributed by atoms with Gasteiger partial charge in [-0.2, -0.15) is 0 Å². The smallest absolute Gasteiger partial charge is 0.0713 e. The zero-order chi connectivity index (χ0) is 9.97. The highest BCUT2D eigenvalue weighted by Crippen LogP contribution is 2.29. The lowest BCUT2D eigenvalue weighted by Crippen LogP contribution is -1.83. The number of hydrogen-bond acceptors (Lipinski definition) is 1. The summed E-state index contributed by atoms with van der Waals surface area (Å²) in [6.07, 6.45) is 1.79. The Balaban J connectivity index is 2.57. The van der Waals surface area contributed by atoms with Gasteiger partial charge in [-0.3, -0.25) is 4.98 Å². The fraction of sp³-hybridized carbons (Fsp3) is 0. The average Bonchev–Trinajstić information content (AvgIpc) is 2.23. The van der Waals surface area contributed by atoms with Crippen LogP contribution in [0, 0.1) is 0 Å². The Kier molecular flexibility index (Phi) is 2.99. The van der Waals surface area contributed by atoms with Crippen LogP contribution in [-0.2, 0) is 0 Å². The SMILES string of the molecule is Brc1ccc(Br)c(-c2ccccn2)c1. The Labute approximate surface area is 99.4 Å². The predicted octanol–water partition coefficient (Wildman–Crippen LogP) is 4.27. The standard InChI is InChI=1S/C11H7Br2N/c12-8-4-5-10(13)9(7-8)11-3-1-2-6-14-11/h1-7H. The zero-order valence-electron chi connectivity index (χ0n) is 7.24. The lowest BCUT2D eigenvalue weighted by molar-refractivity contribution is 1.32. The van der Waals surface area contributed by atoms with Crippen LogP contribution in [0.15, 0.2) is 51.5 Å². The van der Waals surface area contributed by atoms with E-state index in [0.717, 1.165) is 20.2 Å². The topological polar surface area (TPSA) is 12.9 Å². The van der Waals surface area contributed by atoms with Crippen molar-refractivity contribution in [1.29, 1.82) is 0 Å². The number of halogens is 2. The van der Waals surface area contributed by atoms with Crippen LogP contribution < -0.4 is 0 Å². The maximum Gasteiger partial charge on any atom is 0.0713 e. The van der Waals surface area contributed by atoms with Crippen molar-refractivity contribution in [2.24, 2.45) is 0 Å². The van der Waals surface area contributed by atoms with Gasteiger partial charge in [-0.05, 0) is 30.3 Å². The minimum atomic E-state index is 0.973. The fourth-order valence-corrected chi connectivity index (χ4v) is 2.03. The minimum Gasteiger partial charge on any atom is -0.256 e. The van der Waals surface area contributed by atoms with Crippen LogP contribution in [0.3, 0.4) is 0 Å². The van der Waals surface area contributed by atoms with Gasteiger partial charge in [0.25, 0.3) is 0 Å². The molecule has 0 unspecified atom stereocenters. The Morgan fingerprint density at radius 1 is 1.00 bits per heavy atom. The molecule has 0 saturated carbocycles. The first kappa shape index (κ1) is 9.87. The minimum absolute atomic E-state index is 0.973. The van der Waals surface area contributed by atoms with E-state index in [-0.39, 0.29) is 0 Å². The van der Waals surface area contributed by atoms with Crippen LogP contribution in [0.1, 0.15) is 0 Å². The largest absolute Gasteiger partial charge is 0.256 e. The van der Waals surface area contributed by atoms with Crippen LogP contribution in [0.25, 0.3) is 11.3 Å². The number of rotatable bonds is 1. The van der Waals surface area contributed by atoms with Crippen LogP contribution in [0.2, 0.25) is 0 Å². The molecule has 3 heteroatoms. The number of aromatic nitrogens is 1. The van der Waals surface area contributed by atoms with E-state index in [2.05, 4.69) is 36.8 Å². The van der Waals surface area contributed by atoms with Gasteiger partial charge in [0.15, 0.2) is 0 Å². The molecule has 0 aliphatic heterocycles. The van der Waals surface area contributed by atoms with E-state index in [9.17, 15) is 0 Å². The number of benzene rings is 1. The molecule has 2 aromatic rings. The van der Waals surface area contributed by atoms with E-state index in [1.165, 1.54) is 0 Å². The van der Waals surface area contributed by atoms with Gasteiger partial charge in [0.05, 0.1) is 5.69 Å². The highest BCUT2D eigenvalue weighted by atomic mass is 79.9. The predicted molar refractivity (Wildman–Crippen MR) is 65.1 cm³/mol. The van der Waals surface area contributed by atoms with Gasteiger partial charge in [0.1, 0.15) is 0 Å². The molecule has 0 radical (unpaired) electrons. The third-order valence-electron chi connectivity index (χ3n) is 1.87. The van der Waals surface area contributed by atoms with Crippen LogP contribution >= 0.6 is 31.9 Å². The van der Waals surface area contributed by atoms with Gasteiger partial charge >= 0.3 is 0 Å². The second kappa shape index (κ2) is 4.24. The quantitative estimate of drug-likeness (QED) is 0.766. The summed E-state index contributed by atoms with van der Waals surface area (Å²) < 4.78 is 2.11. The van der Waals surface area contributed by atoms with Gasteiger partial charge in [0.2, 0.25) is 0 Å². The first-order chi connectivity index (χ1) is 6.77. The molecule has 1 nitrogen and oxygen atoms in total. The first-order valence-corrected chi connectivity index (χ1v) is 5.72. The molecule has 70 valence electrons. The van der Waals surface area contributed by atoms with Crippen LogP contribution in [0.4, 0.5) is 0 Å². The highest BCUT2D eigenvalue weighted by molar-refractivity contribution is 9.11. The van der Waals surface area contributed by atoms with Gasteiger partial charge in [-0.15, -0.1) is 0 Å². The monoisotopic (exact) mass is 311 g/mol. The Morgan fingerprint density at radius 2 is 1.86 bits per heavy atom. The third-order valence-corrected chi connectivity index (χ3v) is 3.05. The van der Waals surface area contributed by atoms with E-state index < -0.39 is 0 Å². The van der Waals surface area contributed by atoms with E-state index >= 15 is 0 Å². The zero-order valence-corrected chi connectivity index (χ0v) is 10.4. The van der Waals surface area contributed by atoms with Crippen molar-refractivity contribution >= 4 is 31.9 Å². The molecule has 14 heavy (non-hydrogen) atoms. The molecule has 1 aromatic carbocycles. The third kappa shape index (κ3) is 2.04. The lowest BCUT2D eigenvalue weighted by atomic mass is 10.1. The summed E-state index contributed by atoms with van der Waals surface area (Å²) in [6, 6.07) is 11.9. The second-order valence-corrected chi connectivity index (χ2v) is 4.61. The fourth-order valence-electron chi connectivity index (χ4n) is 1.22. The molecule has 0 fully saturated rings. The Hall–Kier alpha value is -0.670. The van der Waals surface area contributed by atoms with Crippen LogP contribution in [-0.4, -0.2) is 4.98 Å². The van der Waals surface area contributed by atoms with Crippen molar-refractivity contribution in [3.05, 3.63) is 51.5 Å². The lowest BCUT2D eigenvalue weighted by Gasteiger charge is -2.03. The van der Waals surface area contributed by atoms with Crippen LogP contribution in [0.5, 0.6) is 0 Å². The number of hydrogen-bond donors (Lipinski definition) is 0.